The zero-order valence-corrected chi connectivity index (χ0v) is 11.4. The van der Waals surface area contributed by atoms with E-state index in [1.54, 1.807) is 0 Å². The molecule has 94 valence electrons. The molecule has 3 unspecified atom stereocenters. The van der Waals surface area contributed by atoms with E-state index < -0.39 is 0 Å². The average Bonchev–Trinajstić information content (AvgIpc) is 2.77. The van der Waals surface area contributed by atoms with Gasteiger partial charge in [-0.2, -0.15) is 11.8 Å². The maximum Gasteiger partial charge on any atom is 0.0666 e. The van der Waals surface area contributed by atoms with Crippen LogP contribution in [0.5, 0.6) is 0 Å². The molecule has 2 rings (SSSR count). The van der Waals surface area contributed by atoms with E-state index in [2.05, 4.69) is 42.6 Å². The standard InChI is InChI=1S/C14H21NOS/c1-11-14(8-9-16-11)17-10-13(15-2)12-6-4-3-5-7-12/h3-7,11,13-15H,8-10H2,1-2H3. The smallest absolute Gasteiger partial charge is 0.0666 e. The largest absolute Gasteiger partial charge is 0.377 e. The fourth-order valence-electron chi connectivity index (χ4n) is 2.18. The summed E-state index contributed by atoms with van der Waals surface area (Å²) in [5.41, 5.74) is 1.37. The molecule has 2 nitrogen and oxygen atoms in total. The van der Waals surface area contributed by atoms with Crippen LogP contribution >= 0.6 is 11.8 Å². The van der Waals surface area contributed by atoms with E-state index in [-0.39, 0.29) is 0 Å². The molecule has 3 atom stereocenters. The SMILES string of the molecule is CNC(CSC1CCOC1C)c1ccccc1. The first-order valence-electron chi connectivity index (χ1n) is 6.26. The predicted molar refractivity (Wildman–Crippen MR) is 74.5 cm³/mol. The van der Waals surface area contributed by atoms with E-state index in [9.17, 15) is 0 Å². The molecule has 1 saturated heterocycles. The number of nitrogens with one attached hydrogen (secondary N) is 1. The Morgan fingerprint density at radius 1 is 1.41 bits per heavy atom. The molecule has 3 heteroatoms. The molecular formula is C14H21NOS. The monoisotopic (exact) mass is 251 g/mol. The molecule has 0 radical (unpaired) electrons. The zero-order chi connectivity index (χ0) is 12.1. The van der Waals surface area contributed by atoms with Crippen LogP contribution in [0.3, 0.4) is 0 Å². The Morgan fingerprint density at radius 2 is 2.18 bits per heavy atom. The van der Waals surface area contributed by atoms with Crippen molar-refractivity contribution in [1.29, 1.82) is 0 Å². The molecule has 1 aromatic carbocycles. The lowest BCUT2D eigenvalue weighted by Gasteiger charge is -2.20. The molecule has 0 amide bonds. The van der Waals surface area contributed by atoms with Crippen molar-refractivity contribution < 1.29 is 4.74 Å². The Morgan fingerprint density at radius 3 is 2.76 bits per heavy atom. The van der Waals surface area contributed by atoms with E-state index >= 15 is 0 Å². The molecule has 1 N–H and O–H groups in total. The lowest BCUT2D eigenvalue weighted by Crippen LogP contribution is -2.22. The highest BCUT2D eigenvalue weighted by atomic mass is 32.2. The van der Waals surface area contributed by atoms with Crippen molar-refractivity contribution in [3.05, 3.63) is 35.9 Å². The molecule has 0 bridgehead atoms. The number of thioether (sulfide) groups is 1. The third-order valence-corrected chi connectivity index (χ3v) is 4.91. The molecule has 1 aliphatic heterocycles. The Labute approximate surface area is 108 Å². The first kappa shape index (κ1) is 12.9. The third kappa shape index (κ3) is 3.47. The van der Waals surface area contributed by atoms with Gasteiger partial charge in [0.15, 0.2) is 0 Å². The summed E-state index contributed by atoms with van der Waals surface area (Å²) in [6.07, 6.45) is 1.60. The fraction of sp³-hybridized carbons (Fsp3) is 0.571. The minimum atomic E-state index is 0.410. The first-order chi connectivity index (χ1) is 8.31. The Hall–Kier alpha value is -0.510. The minimum absolute atomic E-state index is 0.410. The van der Waals surface area contributed by atoms with Gasteiger partial charge in [0, 0.05) is 23.7 Å². The molecule has 1 fully saturated rings. The summed E-state index contributed by atoms with van der Waals surface area (Å²) in [4.78, 5) is 0. The van der Waals surface area contributed by atoms with Crippen molar-refractivity contribution in [2.24, 2.45) is 0 Å². The highest BCUT2D eigenvalue weighted by Gasteiger charge is 2.25. The second-order valence-electron chi connectivity index (χ2n) is 4.49. The average molecular weight is 251 g/mol. The van der Waals surface area contributed by atoms with Crippen LogP contribution in [0, 0.1) is 0 Å². The summed E-state index contributed by atoms with van der Waals surface area (Å²) in [5.74, 6) is 1.11. The molecule has 0 saturated carbocycles. The van der Waals surface area contributed by atoms with Gasteiger partial charge >= 0.3 is 0 Å². The lowest BCUT2D eigenvalue weighted by molar-refractivity contribution is 0.127. The van der Waals surface area contributed by atoms with Crippen LogP contribution in [0.25, 0.3) is 0 Å². The molecule has 0 aromatic heterocycles. The maximum absolute atomic E-state index is 5.60. The van der Waals surface area contributed by atoms with Gasteiger partial charge in [-0.3, -0.25) is 0 Å². The quantitative estimate of drug-likeness (QED) is 0.869. The van der Waals surface area contributed by atoms with E-state index in [1.807, 2.05) is 18.8 Å². The fourth-order valence-corrected chi connectivity index (χ4v) is 3.59. The molecule has 1 heterocycles. The van der Waals surface area contributed by atoms with Gasteiger partial charge in [-0.25, -0.2) is 0 Å². The molecule has 1 aliphatic rings. The van der Waals surface area contributed by atoms with Crippen LogP contribution in [-0.4, -0.2) is 30.8 Å². The summed E-state index contributed by atoms with van der Waals surface area (Å²) >= 11 is 2.03. The number of benzene rings is 1. The Kier molecular flexibility index (Phi) is 4.89. The first-order valence-corrected chi connectivity index (χ1v) is 7.31. The van der Waals surface area contributed by atoms with Crippen LogP contribution in [0.4, 0.5) is 0 Å². The van der Waals surface area contributed by atoms with Gasteiger partial charge < -0.3 is 10.1 Å². The summed E-state index contributed by atoms with van der Waals surface area (Å²) in [6, 6.07) is 11.1. The van der Waals surface area contributed by atoms with E-state index in [4.69, 9.17) is 4.74 Å². The predicted octanol–water partition coefficient (Wildman–Crippen LogP) is 2.86. The number of rotatable bonds is 5. The number of hydrogen-bond donors (Lipinski definition) is 1. The Balaban J connectivity index is 1.88. The van der Waals surface area contributed by atoms with Gasteiger partial charge in [0.25, 0.3) is 0 Å². The zero-order valence-electron chi connectivity index (χ0n) is 10.6. The summed E-state index contributed by atoms with van der Waals surface area (Å²) in [5, 5.41) is 4.06. The molecule has 0 spiro atoms. The normalized spacial score (nSPS) is 26.0. The second-order valence-corrected chi connectivity index (χ2v) is 5.76. The highest BCUT2D eigenvalue weighted by Crippen LogP contribution is 2.29. The molecule has 1 aromatic rings. The highest BCUT2D eigenvalue weighted by molar-refractivity contribution is 8.00. The van der Waals surface area contributed by atoms with Crippen molar-refractivity contribution >= 4 is 11.8 Å². The van der Waals surface area contributed by atoms with Crippen molar-refractivity contribution in [2.45, 2.75) is 30.7 Å². The van der Waals surface area contributed by atoms with E-state index in [0.29, 0.717) is 17.4 Å². The van der Waals surface area contributed by atoms with Crippen molar-refractivity contribution in [2.75, 3.05) is 19.4 Å². The van der Waals surface area contributed by atoms with Gasteiger partial charge in [0.2, 0.25) is 0 Å². The summed E-state index contributed by atoms with van der Waals surface area (Å²) in [7, 11) is 2.03. The van der Waals surface area contributed by atoms with Crippen LogP contribution in [0.1, 0.15) is 24.9 Å². The van der Waals surface area contributed by atoms with Crippen molar-refractivity contribution in [3.63, 3.8) is 0 Å². The summed E-state index contributed by atoms with van der Waals surface area (Å²) < 4.78 is 5.60. The van der Waals surface area contributed by atoms with Gasteiger partial charge in [-0.15, -0.1) is 0 Å². The van der Waals surface area contributed by atoms with Gasteiger partial charge in [0.1, 0.15) is 0 Å². The molecule has 17 heavy (non-hydrogen) atoms. The topological polar surface area (TPSA) is 21.3 Å². The maximum atomic E-state index is 5.60. The number of hydrogen-bond acceptors (Lipinski definition) is 3. The summed E-state index contributed by atoms with van der Waals surface area (Å²) in [6.45, 7) is 3.11. The van der Waals surface area contributed by atoms with E-state index in [1.165, 1.54) is 12.0 Å². The van der Waals surface area contributed by atoms with Crippen molar-refractivity contribution in [3.8, 4) is 0 Å². The number of ether oxygens (including phenoxy) is 1. The van der Waals surface area contributed by atoms with Crippen LogP contribution in [0.15, 0.2) is 30.3 Å². The van der Waals surface area contributed by atoms with Gasteiger partial charge in [-0.1, -0.05) is 30.3 Å². The third-order valence-electron chi connectivity index (χ3n) is 3.33. The van der Waals surface area contributed by atoms with Crippen molar-refractivity contribution in [1.82, 2.24) is 5.32 Å². The van der Waals surface area contributed by atoms with Gasteiger partial charge in [0.05, 0.1) is 6.10 Å². The Bertz CT molecular complexity index is 330. The minimum Gasteiger partial charge on any atom is -0.377 e. The van der Waals surface area contributed by atoms with Crippen LogP contribution in [0.2, 0.25) is 0 Å². The van der Waals surface area contributed by atoms with E-state index in [0.717, 1.165) is 12.4 Å². The van der Waals surface area contributed by atoms with Crippen LogP contribution in [-0.2, 0) is 4.74 Å². The van der Waals surface area contributed by atoms with Crippen LogP contribution < -0.4 is 5.32 Å². The lowest BCUT2D eigenvalue weighted by atomic mass is 10.1. The molecule has 0 aliphatic carbocycles. The van der Waals surface area contributed by atoms with Gasteiger partial charge in [-0.05, 0) is 26.0 Å². The second kappa shape index (κ2) is 6.43. The molecular weight excluding hydrogens is 230 g/mol.